The van der Waals surface area contributed by atoms with Crippen LogP contribution >= 0.6 is 11.6 Å². The van der Waals surface area contributed by atoms with Crippen molar-refractivity contribution in [1.29, 1.82) is 0 Å². The number of likely N-dealkylation sites (tertiary alicyclic amines) is 1. The number of carbonyl (C=O) groups excluding carboxylic acids is 1. The van der Waals surface area contributed by atoms with Gasteiger partial charge >= 0.3 is 6.09 Å². The van der Waals surface area contributed by atoms with E-state index in [1.165, 1.54) is 0 Å². The Kier molecular flexibility index (Phi) is 6.46. The van der Waals surface area contributed by atoms with Gasteiger partial charge in [0.05, 0.1) is 16.2 Å². The molecule has 3 N–H and O–H groups in total. The van der Waals surface area contributed by atoms with E-state index in [1.54, 1.807) is 23.1 Å². The molecule has 26 heavy (non-hydrogen) atoms. The number of nitrogens with zero attached hydrogens (tertiary/aromatic N) is 1. The molecule has 0 spiro atoms. The molecule has 1 aromatic rings. The summed E-state index contributed by atoms with van der Waals surface area (Å²) < 4.78 is 5.62. The minimum absolute atomic E-state index is 0.369. The van der Waals surface area contributed by atoms with Gasteiger partial charge in [0.15, 0.2) is 0 Å². The summed E-state index contributed by atoms with van der Waals surface area (Å²) in [5, 5.41) is 11.7. The van der Waals surface area contributed by atoms with Crippen molar-refractivity contribution < 1.29 is 14.6 Å². The lowest BCUT2D eigenvalue weighted by Gasteiger charge is -2.43. The Morgan fingerprint density at radius 2 is 2.15 bits per heavy atom. The Balaban J connectivity index is 2.39. The highest BCUT2D eigenvalue weighted by Crippen LogP contribution is 2.45. The van der Waals surface area contributed by atoms with Crippen molar-refractivity contribution in [1.82, 2.24) is 4.90 Å². The van der Waals surface area contributed by atoms with Gasteiger partial charge in [0.1, 0.15) is 11.7 Å². The molecule has 2 unspecified atom stereocenters. The Morgan fingerprint density at radius 3 is 2.73 bits per heavy atom. The summed E-state index contributed by atoms with van der Waals surface area (Å²) >= 11 is 6.16. The van der Waals surface area contributed by atoms with Crippen LogP contribution in [0.15, 0.2) is 18.2 Å². The number of hydrogen-bond donors (Lipinski definition) is 2. The summed E-state index contributed by atoms with van der Waals surface area (Å²) in [5.41, 5.74) is 5.69. The third kappa shape index (κ3) is 4.44. The molecule has 1 amide bonds. The van der Waals surface area contributed by atoms with Gasteiger partial charge in [-0.05, 0) is 57.7 Å². The van der Waals surface area contributed by atoms with Crippen LogP contribution in [0.5, 0.6) is 0 Å². The standard InChI is InChI=1S/C20H31ClN2O3/c1-5-6-10-20(17(24)14-8-9-16(22)15(21)13-14)11-7-12-23(20)18(25)26-19(2,3)4/h8-9,13,17,24H,5-7,10-12,22H2,1-4H3. The van der Waals surface area contributed by atoms with Gasteiger partial charge in [0, 0.05) is 6.54 Å². The third-order valence-electron chi connectivity index (χ3n) is 4.96. The van der Waals surface area contributed by atoms with Crippen LogP contribution in [0.25, 0.3) is 0 Å². The second-order valence-corrected chi connectivity index (χ2v) is 8.53. The van der Waals surface area contributed by atoms with Gasteiger partial charge in [-0.2, -0.15) is 0 Å². The van der Waals surface area contributed by atoms with E-state index in [1.807, 2.05) is 20.8 Å². The number of halogens is 1. The summed E-state index contributed by atoms with van der Waals surface area (Å²) in [6.45, 7) is 8.24. The molecular weight excluding hydrogens is 352 g/mol. The molecule has 146 valence electrons. The number of ether oxygens (including phenoxy) is 1. The van der Waals surface area contributed by atoms with Crippen LogP contribution in [0.4, 0.5) is 10.5 Å². The summed E-state index contributed by atoms with van der Waals surface area (Å²) in [6.07, 6.45) is 2.97. The summed E-state index contributed by atoms with van der Waals surface area (Å²) in [4.78, 5) is 14.6. The van der Waals surface area contributed by atoms with Crippen LogP contribution in [0.3, 0.4) is 0 Å². The van der Waals surface area contributed by atoms with E-state index in [2.05, 4.69) is 6.92 Å². The van der Waals surface area contributed by atoms with Crippen LogP contribution in [0.2, 0.25) is 5.02 Å². The van der Waals surface area contributed by atoms with Gasteiger partial charge in [0.2, 0.25) is 0 Å². The number of nitrogen functional groups attached to an aromatic ring is 1. The Hall–Kier alpha value is -1.46. The monoisotopic (exact) mass is 382 g/mol. The number of carbonyl (C=O) groups is 1. The number of benzene rings is 1. The Bertz CT molecular complexity index is 644. The second kappa shape index (κ2) is 8.05. The van der Waals surface area contributed by atoms with Crippen LogP contribution in [-0.4, -0.2) is 33.8 Å². The van der Waals surface area contributed by atoms with Gasteiger partial charge in [-0.3, -0.25) is 4.90 Å². The lowest BCUT2D eigenvalue weighted by atomic mass is 9.81. The molecule has 0 bridgehead atoms. The smallest absolute Gasteiger partial charge is 0.410 e. The minimum Gasteiger partial charge on any atom is -0.444 e. The van der Waals surface area contributed by atoms with E-state index < -0.39 is 17.2 Å². The van der Waals surface area contributed by atoms with E-state index in [0.29, 0.717) is 29.2 Å². The maximum absolute atomic E-state index is 12.8. The zero-order chi connectivity index (χ0) is 19.5. The van der Waals surface area contributed by atoms with Gasteiger partial charge in [0.25, 0.3) is 0 Å². The number of anilines is 1. The minimum atomic E-state index is -0.845. The molecule has 1 heterocycles. The molecule has 0 radical (unpaired) electrons. The average Bonchev–Trinajstić information content (AvgIpc) is 2.98. The number of hydrogen-bond acceptors (Lipinski definition) is 4. The molecule has 2 atom stereocenters. The zero-order valence-corrected chi connectivity index (χ0v) is 17.0. The van der Waals surface area contributed by atoms with Crippen molar-refractivity contribution >= 4 is 23.4 Å². The second-order valence-electron chi connectivity index (χ2n) is 8.13. The highest BCUT2D eigenvalue weighted by molar-refractivity contribution is 6.33. The van der Waals surface area contributed by atoms with Crippen LogP contribution in [0.1, 0.15) is 71.5 Å². The zero-order valence-electron chi connectivity index (χ0n) is 16.2. The Labute approximate surface area is 161 Å². The molecular formula is C20H31ClN2O3. The fourth-order valence-corrected chi connectivity index (χ4v) is 3.87. The van der Waals surface area contributed by atoms with Crippen LogP contribution < -0.4 is 5.73 Å². The first-order valence-electron chi connectivity index (χ1n) is 9.34. The lowest BCUT2D eigenvalue weighted by Crippen LogP contribution is -2.52. The number of nitrogens with two attached hydrogens (primary N) is 1. The maximum Gasteiger partial charge on any atom is 0.410 e. The van der Waals surface area contributed by atoms with Crippen LogP contribution in [-0.2, 0) is 4.74 Å². The quantitative estimate of drug-likeness (QED) is 0.709. The molecule has 1 aliphatic rings. The van der Waals surface area contributed by atoms with Gasteiger partial charge in [-0.1, -0.05) is 37.4 Å². The highest BCUT2D eigenvalue weighted by atomic mass is 35.5. The molecule has 0 aromatic heterocycles. The van der Waals surface area contributed by atoms with E-state index in [-0.39, 0.29) is 6.09 Å². The number of rotatable bonds is 5. The molecule has 5 nitrogen and oxygen atoms in total. The maximum atomic E-state index is 12.8. The number of amides is 1. The van der Waals surface area contributed by atoms with Crippen molar-refractivity contribution in [2.45, 2.75) is 77.0 Å². The number of unbranched alkanes of at least 4 members (excludes halogenated alkanes) is 1. The van der Waals surface area contributed by atoms with Gasteiger partial charge in [-0.25, -0.2) is 4.79 Å². The van der Waals surface area contributed by atoms with Gasteiger partial charge in [-0.15, -0.1) is 0 Å². The van der Waals surface area contributed by atoms with E-state index >= 15 is 0 Å². The third-order valence-corrected chi connectivity index (χ3v) is 5.28. The fraction of sp³-hybridized carbons (Fsp3) is 0.650. The van der Waals surface area contributed by atoms with E-state index in [9.17, 15) is 9.90 Å². The molecule has 1 aliphatic heterocycles. The highest BCUT2D eigenvalue weighted by Gasteiger charge is 2.50. The Morgan fingerprint density at radius 1 is 1.46 bits per heavy atom. The van der Waals surface area contributed by atoms with E-state index in [4.69, 9.17) is 22.1 Å². The van der Waals surface area contributed by atoms with Crippen molar-refractivity contribution in [3.63, 3.8) is 0 Å². The molecule has 1 fully saturated rings. The van der Waals surface area contributed by atoms with Crippen molar-refractivity contribution in [3.8, 4) is 0 Å². The first kappa shape index (κ1) is 20.8. The van der Waals surface area contributed by atoms with E-state index in [0.717, 1.165) is 25.7 Å². The topological polar surface area (TPSA) is 75.8 Å². The predicted molar refractivity (Wildman–Crippen MR) is 105 cm³/mol. The fourth-order valence-electron chi connectivity index (χ4n) is 3.68. The summed E-state index contributed by atoms with van der Waals surface area (Å²) in [6, 6.07) is 5.17. The predicted octanol–water partition coefficient (Wildman–Crippen LogP) is 4.92. The lowest BCUT2D eigenvalue weighted by molar-refractivity contribution is -0.0381. The number of aliphatic hydroxyl groups is 1. The van der Waals surface area contributed by atoms with Crippen molar-refractivity contribution in [2.24, 2.45) is 0 Å². The first-order valence-corrected chi connectivity index (χ1v) is 9.72. The number of aliphatic hydroxyl groups excluding tert-OH is 1. The normalized spacial score (nSPS) is 21.7. The first-order chi connectivity index (χ1) is 12.1. The summed E-state index contributed by atoms with van der Waals surface area (Å²) in [5.74, 6) is 0. The SMILES string of the molecule is CCCCC1(C(O)c2ccc(N)c(Cl)c2)CCCN1C(=O)OC(C)(C)C. The van der Waals surface area contributed by atoms with Crippen molar-refractivity contribution in [2.75, 3.05) is 12.3 Å². The van der Waals surface area contributed by atoms with Crippen LogP contribution in [0, 0.1) is 0 Å². The molecule has 2 rings (SSSR count). The largest absolute Gasteiger partial charge is 0.444 e. The molecule has 1 aromatic carbocycles. The molecule has 1 saturated heterocycles. The molecule has 6 heteroatoms. The molecule has 0 saturated carbocycles. The average molecular weight is 383 g/mol. The van der Waals surface area contributed by atoms with Crippen molar-refractivity contribution in [3.05, 3.63) is 28.8 Å². The van der Waals surface area contributed by atoms with Gasteiger partial charge < -0.3 is 15.6 Å². The molecule has 0 aliphatic carbocycles. The summed E-state index contributed by atoms with van der Waals surface area (Å²) in [7, 11) is 0.